The van der Waals surface area contributed by atoms with Gasteiger partial charge in [0.2, 0.25) is 5.96 Å². The van der Waals surface area contributed by atoms with Gasteiger partial charge in [0.05, 0.1) is 19.6 Å². The Hall–Kier alpha value is -1.23. The molecule has 0 aromatic heterocycles. The van der Waals surface area contributed by atoms with Crippen LogP contribution in [0, 0.1) is 0 Å². The molecule has 2 heterocycles. The summed E-state index contributed by atoms with van der Waals surface area (Å²) >= 11 is 0. The van der Waals surface area contributed by atoms with Gasteiger partial charge in [0.25, 0.3) is 5.91 Å². The molecule has 0 N–H and O–H groups in total. The van der Waals surface area contributed by atoms with Gasteiger partial charge in [0.15, 0.2) is 0 Å². The van der Waals surface area contributed by atoms with Gasteiger partial charge >= 0.3 is 0 Å². The molecule has 2 rings (SSSR count). The van der Waals surface area contributed by atoms with Crippen LogP contribution in [0.1, 0.15) is 6.42 Å². The van der Waals surface area contributed by atoms with Crippen molar-refractivity contribution in [1.29, 1.82) is 0 Å². The first-order valence-corrected chi connectivity index (χ1v) is 4.33. The molecule has 5 nitrogen and oxygen atoms in total. The molecule has 1 amide bonds. The minimum atomic E-state index is -0.114. The minimum absolute atomic E-state index is 0.114. The van der Waals surface area contributed by atoms with E-state index in [1.165, 1.54) is 0 Å². The normalized spacial score (nSPS) is 23.2. The third-order valence-electron chi connectivity index (χ3n) is 1.99. The maximum absolute atomic E-state index is 11.0. The first-order chi connectivity index (χ1) is 6.36. The van der Waals surface area contributed by atoms with Crippen molar-refractivity contribution in [3.8, 4) is 0 Å². The molecule has 70 valence electrons. The Labute approximate surface area is 76.1 Å². The van der Waals surface area contributed by atoms with Crippen LogP contribution in [0.3, 0.4) is 0 Å². The van der Waals surface area contributed by atoms with Gasteiger partial charge in [-0.2, -0.15) is 4.99 Å². The molecule has 0 radical (unpaired) electrons. The zero-order valence-corrected chi connectivity index (χ0v) is 7.27. The van der Waals surface area contributed by atoms with Crippen molar-refractivity contribution in [1.82, 2.24) is 4.90 Å². The highest BCUT2D eigenvalue weighted by molar-refractivity contribution is 6.06. The quantitative estimate of drug-likeness (QED) is 0.514. The van der Waals surface area contributed by atoms with Crippen LogP contribution in [-0.4, -0.2) is 49.3 Å². The first kappa shape index (κ1) is 8.37. The number of morpholine rings is 1. The summed E-state index contributed by atoms with van der Waals surface area (Å²) in [6.07, 6.45) is 1.94. The van der Waals surface area contributed by atoms with Gasteiger partial charge in [-0.25, -0.2) is 4.99 Å². The third kappa shape index (κ3) is 1.92. The van der Waals surface area contributed by atoms with E-state index in [0.717, 1.165) is 13.1 Å². The summed E-state index contributed by atoms with van der Waals surface area (Å²) in [5.41, 5.74) is 0. The Bertz CT molecular complexity index is 267. The maximum atomic E-state index is 11.0. The van der Waals surface area contributed by atoms with Crippen LogP contribution >= 0.6 is 0 Å². The summed E-state index contributed by atoms with van der Waals surface area (Å²) in [6.45, 7) is 2.90. The lowest BCUT2D eigenvalue weighted by Gasteiger charge is -2.27. The molecule has 0 saturated carbocycles. The Morgan fingerprint density at radius 2 is 2.15 bits per heavy atom. The van der Waals surface area contributed by atoms with E-state index in [9.17, 15) is 4.79 Å². The van der Waals surface area contributed by atoms with Gasteiger partial charge in [-0.1, -0.05) is 0 Å². The smallest absolute Gasteiger partial charge is 0.254 e. The van der Waals surface area contributed by atoms with Gasteiger partial charge in [0, 0.05) is 19.3 Å². The SMILES string of the molecule is O=C1CC=NC(N2CCOCC2)=N1. The Morgan fingerprint density at radius 1 is 1.38 bits per heavy atom. The molecule has 13 heavy (non-hydrogen) atoms. The topological polar surface area (TPSA) is 54.3 Å². The van der Waals surface area contributed by atoms with Gasteiger partial charge in [-0.3, -0.25) is 4.79 Å². The maximum Gasteiger partial charge on any atom is 0.254 e. The summed E-state index contributed by atoms with van der Waals surface area (Å²) in [7, 11) is 0. The third-order valence-corrected chi connectivity index (χ3v) is 1.99. The molecule has 0 aromatic carbocycles. The Balaban J connectivity index is 2.06. The lowest BCUT2D eigenvalue weighted by Crippen LogP contribution is -2.41. The molecule has 0 aromatic rings. The zero-order valence-electron chi connectivity index (χ0n) is 7.27. The number of nitrogens with zero attached hydrogens (tertiary/aromatic N) is 3. The van der Waals surface area contributed by atoms with E-state index < -0.39 is 0 Å². The van der Waals surface area contributed by atoms with E-state index in [1.54, 1.807) is 6.21 Å². The fourth-order valence-electron chi connectivity index (χ4n) is 1.31. The summed E-state index contributed by atoms with van der Waals surface area (Å²) < 4.78 is 5.18. The highest BCUT2D eigenvalue weighted by Crippen LogP contribution is 2.03. The van der Waals surface area contributed by atoms with Crippen molar-refractivity contribution in [3.63, 3.8) is 0 Å². The number of ether oxygens (including phenoxy) is 1. The summed E-state index contributed by atoms with van der Waals surface area (Å²) in [4.78, 5) is 20.9. The highest BCUT2D eigenvalue weighted by Gasteiger charge is 2.17. The van der Waals surface area contributed by atoms with E-state index in [4.69, 9.17) is 4.74 Å². The minimum Gasteiger partial charge on any atom is -0.378 e. The largest absolute Gasteiger partial charge is 0.378 e. The molecule has 0 bridgehead atoms. The summed E-state index contributed by atoms with van der Waals surface area (Å²) in [6, 6.07) is 0. The van der Waals surface area contributed by atoms with Crippen molar-refractivity contribution in [2.45, 2.75) is 6.42 Å². The number of hydrogen-bond donors (Lipinski definition) is 0. The summed E-state index contributed by atoms with van der Waals surface area (Å²) in [5, 5.41) is 0. The molecule has 0 unspecified atom stereocenters. The molecule has 1 saturated heterocycles. The molecule has 5 heteroatoms. The fraction of sp³-hybridized carbons (Fsp3) is 0.625. The van der Waals surface area contributed by atoms with E-state index >= 15 is 0 Å². The molecule has 1 fully saturated rings. The van der Waals surface area contributed by atoms with Gasteiger partial charge in [-0.15, -0.1) is 0 Å². The van der Waals surface area contributed by atoms with Crippen LogP contribution in [-0.2, 0) is 9.53 Å². The average Bonchev–Trinajstić information content (AvgIpc) is 2.19. The number of aliphatic imine (C=N–C) groups is 2. The van der Waals surface area contributed by atoms with Crippen LogP contribution in [0.4, 0.5) is 0 Å². The van der Waals surface area contributed by atoms with E-state index in [1.807, 2.05) is 4.90 Å². The van der Waals surface area contributed by atoms with Gasteiger partial charge in [0.1, 0.15) is 0 Å². The number of rotatable bonds is 0. The molecular formula is C8H11N3O2. The van der Waals surface area contributed by atoms with E-state index in [0.29, 0.717) is 25.6 Å². The van der Waals surface area contributed by atoms with Crippen molar-refractivity contribution in [3.05, 3.63) is 0 Å². The molecule has 0 atom stereocenters. The monoisotopic (exact) mass is 181 g/mol. The number of amides is 1. The Kier molecular flexibility index (Phi) is 2.35. The number of carbonyl (C=O) groups is 1. The zero-order chi connectivity index (χ0) is 9.10. The second-order valence-electron chi connectivity index (χ2n) is 2.92. The number of guanidine groups is 1. The molecule has 2 aliphatic rings. The summed E-state index contributed by atoms with van der Waals surface area (Å²) in [5.74, 6) is 0.427. The average molecular weight is 181 g/mol. The van der Waals surface area contributed by atoms with Crippen LogP contribution in [0.25, 0.3) is 0 Å². The highest BCUT2D eigenvalue weighted by atomic mass is 16.5. The van der Waals surface area contributed by atoms with Crippen LogP contribution in [0.2, 0.25) is 0 Å². The van der Waals surface area contributed by atoms with Crippen molar-refractivity contribution in [2.24, 2.45) is 9.98 Å². The molecule has 0 spiro atoms. The van der Waals surface area contributed by atoms with E-state index in [2.05, 4.69) is 9.98 Å². The van der Waals surface area contributed by atoms with Crippen LogP contribution in [0.5, 0.6) is 0 Å². The van der Waals surface area contributed by atoms with Gasteiger partial charge in [-0.05, 0) is 0 Å². The number of hydrogen-bond acceptors (Lipinski definition) is 4. The molecular weight excluding hydrogens is 170 g/mol. The molecule has 0 aliphatic carbocycles. The first-order valence-electron chi connectivity index (χ1n) is 4.33. The van der Waals surface area contributed by atoms with Crippen LogP contribution in [0.15, 0.2) is 9.98 Å². The lowest BCUT2D eigenvalue weighted by molar-refractivity contribution is -0.116. The predicted octanol–water partition coefficient (Wildman–Crippen LogP) is -0.324. The fourth-order valence-corrected chi connectivity index (χ4v) is 1.31. The second-order valence-corrected chi connectivity index (χ2v) is 2.92. The standard InChI is InChI=1S/C8H11N3O2/c12-7-1-2-9-8(10-7)11-3-5-13-6-4-11/h2H,1,3-6H2. The lowest BCUT2D eigenvalue weighted by atomic mass is 10.4. The van der Waals surface area contributed by atoms with Crippen molar-refractivity contribution in [2.75, 3.05) is 26.3 Å². The Morgan fingerprint density at radius 3 is 2.85 bits per heavy atom. The van der Waals surface area contributed by atoms with Crippen molar-refractivity contribution >= 4 is 18.1 Å². The second kappa shape index (κ2) is 3.66. The molecule has 2 aliphatic heterocycles. The predicted molar refractivity (Wildman–Crippen MR) is 47.9 cm³/mol. The van der Waals surface area contributed by atoms with Crippen LogP contribution < -0.4 is 0 Å². The van der Waals surface area contributed by atoms with Crippen molar-refractivity contribution < 1.29 is 9.53 Å². The van der Waals surface area contributed by atoms with E-state index in [-0.39, 0.29) is 5.91 Å². The van der Waals surface area contributed by atoms with Gasteiger partial charge < -0.3 is 9.64 Å². The number of carbonyl (C=O) groups excluding carboxylic acids is 1.